The van der Waals surface area contributed by atoms with Crippen LogP contribution in [0.25, 0.3) is 0 Å². The smallest absolute Gasteiger partial charge is 0.0547 e. The zero-order valence-corrected chi connectivity index (χ0v) is 5.70. The summed E-state index contributed by atoms with van der Waals surface area (Å²) in [6, 6.07) is 3.95. The summed E-state index contributed by atoms with van der Waals surface area (Å²) in [5.41, 5.74) is 1.14. The summed E-state index contributed by atoms with van der Waals surface area (Å²) in [5, 5.41) is 0. The topological polar surface area (TPSA) is 16.1 Å². The van der Waals surface area contributed by atoms with Gasteiger partial charge >= 0.3 is 0 Å². The van der Waals surface area contributed by atoms with Gasteiger partial charge in [-0.15, -0.1) is 0 Å². The minimum Gasteiger partial charge on any atom is -0.376 e. The monoisotopic (exact) mass is 122 g/mol. The lowest BCUT2D eigenvalue weighted by Crippen LogP contribution is -2.08. The zero-order chi connectivity index (χ0) is 6.69. The molecule has 9 heavy (non-hydrogen) atoms. The summed E-state index contributed by atoms with van der Waals surface area (Å²) in [4.78, 5) is 5.99. The zero-order valence-electron chi connectivity index (χ0n) is 5.70. The molecule has 0 amide bonds. The third kappa shape index (κ3) is 1.42. The number of anilines is 1. The van der Waals surface area contributed by atoms with Crippen LogP contribution in [0.2, 0.25) is 0 Å². The van der Waals surface area contributed by atoms with Crippen molar-refractivity contribution in [3.63, 3.8) is 0 Å². The Hall–Kier alpha value is -1.05. The van der Waals surface area contributed by atoms with Gasteiger partial charge in [0, 0.05) is 20.3 Å². The Morgan fingerprint density at radius 2 is 2.22 bits per heavy atom. The van der Waals surface area contributed by atoms with Gasteiger partial charge in [-0.3, -0.25) is 4.98 Å². The molecule has 0 saturated carbocycles. The van der Waals surface area contributed by atoms with Crippen molar-refractivity contribution in [1.82, 2.24) is 4.98 Å². The third-order valence-electron chi connectivity index (χ3n) is 1.16. The highest BCUT2D eigenvalue weighted by Gasteiger charge is 1.88. The Morgan fingerprint density at radius 1 is 1.44 bits per heavy atom. The molecule has 48 valence electrons. The maximum Gasteiger partial charge on any atom is 0.0547 e. The standard InChI is InChI=1S/C7H10N2/c1-9(2)7-4-3-5-8-6-7/h3-6H,1-2H3. The van der Waals surface area contributed by atoms with Gasteiger partial charge in [0.1, 0.15) is 0 Å². The van der Waals surface area contributed by atoms with E-state index in [2.05, 4.69) is 4.98 Å². The van der Waals surface area contributed by atoms with E-state index in [9.17, 15) is 0 Å². The molecule has 2 heteroatoms. The molecule has 0 aromatic carbocycles. The van der Waals surface area contributed by atoms with Crippen LogP contribution in [-0.4, -0.2) is 19.1 Å². The number of nitrogens with zero attached hydrogens (tertiary/aromatic N) is 2. The van der Waals surface area contributed by atoms with Crippen LogP contribution < -0.4 is 4.90 Å². The first-order valence-corrected chi connectivity index (χ1v) is 2.88. The van der Waals surface area contributed by atoms with Gasteiger partial charge in [-0.05, 0) is 12.1 Å². The lowest BCUT2D eigenvalue weighted by molar-refractivity contribution is 1.11. The molecular weight excluding hydrogens is 112 g/mol. The molecule has 2 nitrogen and oxygen atoms in total. The first-order chi connectivity index (χ1) is 4.30. The summed E-state index contributed by atoms with van der Waals surface area (Å²) in [6.07, 6.45) is 3.60. The quantitative estimate of drug-likeness (QED) is 0.555. The number of aromatic nitrogens is 1. The molecule has 0 aliphatic rings. The van der Waals surface area contributed by atoms with Crippen molar-refractivity contribution in [2.24, 2.45) is 0 Å². The SMILES string of the molecule is CN(C)c1cccnc1. The van der Waals surface area contributed by atoms with Gasteiger partial charge in [0.2, 0.25) is 0 Å². The summed E-state index contributed by atoms with van der Waals surface area (Å²) in [6.45, 7) is 0. The number of hydrogen-bond acceptors (Lipinski definition) is 2. The van der Waals surface area contributed by atoms with Crippen molar-refractivity contribution in [3.8, 4) is 0 Å². The average Bonchev–Trinajstić information content (AvgIpc) is 1.90. The Morgan fingerprint density at radius 3 is 2.56 bits per heavy atom. The highest BCUT2D eigenvalue weighted by atomic mass is 15.1. The van der Waals surface area contributed by atoms with E-state index < -0.39 is 0 Å². The molecule has 0 radical (unpaired) electrons. The van der Waals surface area contributed by atoms with Gasteiger partial charge < -0.3 is 4.90 Å². The van der Waals surface area contributed by atoms with E-state index in [4.69, 9.17) is 0 Å². The van der Waals surface area contributed by atoms with Gasteiger partial charge in [-0.2, -0.15) is 0 Å². The minimum atomic E-state index is 1.14. The second-order valence-corrected chi connectivity index (χ2v) is 2.11. The van der Waals surface area contributed by atoms with Crippen LogP contribution in [0.15, 0.2) is 24.5 Å². The first kappa shape index (κ1) is 6.08. The van der Waals surface area contributed by atoms with E-state index in [1.54, 1.807) is 6.20 Å². The number of hydrogen-bond donors (Lipinski definition) is 0. The fourth-order valence-electron chi connectivity index (χ4n) is 0.618. The molecule has 1 rings (SSSR count). The van der Waals surface area contributed by atoms with Crippen molar-refractivity contribution in [2.45, 2.75) is 0 Å². The fourth-order valence-corrected chi connectivity index (χ4v) is 0.618. The molecule has 1 aromatic rings. The molecule has 0 spiro atoms. The summed E-state index contributed by atoms with van der Waals surface area (Å²) in [5.74, 6) is 0. The summed E-state index contributed by atoms with van der Waals surface area (Å²) < 4.78 is 0. The predicted molar refractivity (Wildman–Crippen MR) is 38.6 cm³/mol. The van der Waals surface area contributed by atoms with Crippen molar-refractivity contribution in [3.05, 3.63) is 24.5 Å². The molecule has 1 heterocycles. The first-order valence-electron chi connectivity index (χ1n) is 2.88. The van der Waals surface area contributed by atoms with Crippen LogP contribution in [0.4, 0.5) is 5.69 Å². The maximum atomic E-state index is 3.96. The lowest BCUT2D eigenvalue weighted by atomic mass is 10.4. The maximum absolute atomic E-state index is 3.96. The van der Waals surface area contributed by atoms with Crippen molar-refractivity contribution in [2.75, 3.05) is 19.0 Å². The fraction of sp³-hybridized carbons (Fsp3) is 0.286. The number of rotatable bonds is 1. The Kier molecular flexibility index (Phi) is 1.68. The minimum absolute atomic E-state index is 1.14. The van der Waals surface area contributed by atoms with Gasteiger partial charge in [0.25, 0.3) is 0 Å². The Bertz CT molecular complexity index is 170. The highest BCUT2D eigenvalue weighted by Crippen LogP contribution is 2.04. The lowest BCUT2D eigenvalue weighted by Gasteiger charge is -2.09. The second-order valence-electron chi connectivity index (χ2n) is 2.11. The predicted octanol–water partition coefficient (Wildman–Crippen LogP) is 1.15. The third-order valence-corrected chi connectivity index (χ3v) is 1.16. The molecule has 0 saturated heterocycles. The summed E-state index contributed by atoms with van der Waals surface area (Å²) >= 11 is 0. The normalized spacial score (nSPS) is 9.11. The van der Waals surface area contributed by atoms with E-state index in [1.807, 2.05) is 37.3 Å². The van der Waals surface area contributed by atoms with Crippen molar-refractivity contribution in [1.29, 1.82) is 0 Å². The van der Waals surface area contributed by atoms with E-state index in [0.29, 0.717) is 0 Å². The molecule has 0 aliphatic heterocycles. The molecule has 0 aliphatic carbocycles. The van der Waals surface area contributed by atoms with E-state index >= 15 is 0 Å². The van der Waals surface area contributed by atoms with Crippen LogP contribution in [-0.2, 0) is 0 Å². The van der Waals surface area contributed by atoms with Crippen LogP contribution in [0.3, 0.4) is 0 Å². The Labute approximate surface area is 55.1 Å². The van der Waals surface area contributed by atoms with Gasteiger partial charge in [0.15, 0.2) is 0 Å². The molecular formula is C7H10N2. The molecule has 1 aromatic heterocycles. The number of pyridine rings is 1. The van der Waals surface area contributed by atoms with Crippen LogP contribution in [0.5, 0.6) is 0 Å². The Balaban J connectivity index is 2.85. The molecule has 0 atom stereocenters. The molecule has 0 fully saturated rings. The van der Waals surface area contributed by atoms with E-state index in [0.717, 1.165) is 5.69 Å². The highest BCUT2D eigenvalue weighted by molar-refractivity contribution is 5.41. The van der Waals surface area contributed by atoms with Crippen LogP contribution in [0, 0.1) is 0 Å². The van der Waals surface area contributed by atoms with Crippen molar-refractivity contribution < 1.29 is 0 Å². The van der Waals surface area contributed by atoms with E-state index in [1.165, 1.54) is 0 Å². The van der Waals surface area contributed by atoms with Crippen LogP contribution in [0.1, 0.15) is 0 Å². The van der Waals surface area contributed by atoms with E-state index in [-0.39, 0.29) is 0 Å². The second kappa shape index (κ2) is 2.49. The van der Waals surface area contributed by atoms with Gasteiger partial charge in [-0.1, -0.05) is 0 Å². The molecule has 0 N–H and O–H groups in total. The van der Waals surface area contributed by atoms with Gasteiger partial charge in [-0.25, -0.2) is 0 Å². The van der Waals surface area contributed by atoms with Crippen molar-refractivity contribution >= 4 is 5.69 Å². The average molecular weight is 122 g/mol. The van der Waals surface area contributed by atoms with Crippen LogP contribution >= 0.6 is 0 Å². The largest absolute Gasteiger partial charge is 0.376 e. The molecule has 0 unspecified atom stereocenters. The molecule has 0 bridgehead atoms. The van der Waals surface area contributed by atoms with Gasteiger partial charge in [0.05, 0.1) is 11.9 Å². The summed E-state index contributed by atoms with van der Waals surface area (Å²) in [7, 11) is 3.99.